The molecule has 0 N–H and O–H groups in total. The molecule has 5 heterocycles. The van der Waals surface area contributed by atoms with Crippen molar-refractivity contribution in [1.82, 2.24) is 9.13 Å². The van der Waals surface area contributed by atoms with Crippen LogP contribution in [0.25, 0.3) is 119 Å². The van der Waals surface area contributed by atoms with Gasteiger partial charge in [0.1, 0.15) is 11.2 Å². The monoisotopic (exact) mass is 900 g/mol. The number of rotatable bonds is 3. The fourth-order valence-corrected chi connectivity index (χ4v) is 12.4. The predicted octanol–water partition coefficient (Wildman–Crippen LogP) is 17.2. The van der Waals surface area contributed by atoms with E-state index in [1.54, 1.807) is 0 Å². The molecule has 0 saturated heterocycles. The number of hydrogen-bond donors (Lipinski definition) is 0. The van der Waals surface area contributed by atoms with Gasteiger partial charge >= 0.3 is 0 Å². The van der Waals surface area contributed by atoms with E-state index in [0.717, 1.165) is 89.4 Å². The Morgan fingerprint density at radius 3 is 1.74 bits per heavy atom. The van der Waals surface area contributed by atoms with Gasteiger partial charge in [-0.2, -0.15) is 0 Å². The second kappa shape index (κ2) is 14.7. The SMILES string of the molecule is CC1C/C=C(c2ccc3c(c2)sc2ccccc23)/N=C(n2c3ccccc3c3ccccc32)\N=C/1c1cc(-n2c3cc4ccccc4cc3c3cc4ccccc4cc32)cc2oc3ccccc3c12. The van der Waals surface area contributed by atoms with Crippen molar-refractivity contribution in [2.24, 2.45) is 15.9 Å². The molecular formula is C63H40N4OS. The molecule has 4 aromatic heterocycles. The summed E-state index contributed by atoms with van der Waals surface area (Å²) in [6.07, 6.45) is 3.07. The zero-order valence-corrected chi connectivity index (χ0v) is 38.3. The van der Waals surface area contributed by atoms with Crippen LogP contribution < -0.4 is 0 Å². The summed E-state index contributed by atoms with van der Waals surface area (Å²) in [4.78, 5) is 11.6. The average molecular weight is 901 g/mol. The number of aliphatic imine (C=N–C) groups is 2. The van der Waals surface area contributed by atoms with Crippen molar-refractivity contribution in [2.45, 2.75) is 13.3 Å². The molecule has 1 aliphatic heterocycles. The number of para-hydroxylation sites is 3. The number of hydrogen-bond acceptors (Lipinski definition) is 4. The van der Waals surface area contributed by atoms with Crippen molar-refractivity contribution in [3.05, 3.63) is 217 Å². The van der Waals surface area contributed by atoms with Gasteiger partial charge in [-0.05, 0) is 88.6 Å². The number of fused-ring (bicyclic) bond motifs is 14. The lowest BCUT2D eigenvalue weighted by Crippen LogP contribution is -2.20. The number of nitrogens with zero attached hydrogens (tertiary/aromatic N) is 4. The van der Waals surface area contributed by atoms with Crippen molar-refractivity contribution in [1.29, 1.82) is 0 Å². The predicted molar refractivity (Wildman–Crippen MR) is 293 cm³/mol. The van der Waals surface area contributed by atoms with Gasteiger partial charge in [0.05, 0.1) is 39.2 Å². The third kappa shape index (κ3) is 5.82. The minimum Gasteiger partial charge on any atom is -0.456 e. The molecule has 1 unspecified atom stereocenters. The van der Waals surface area contributed by atoms with Crippen LogP contribution in [0.3, 0.4) is 0 Å². The first-order chi connectivity index (χ1) is 34.1. The van der Waals surface area contributed by atoms with Gasteiger partial charge in [0, 0.05) is 75.6 Å². The molecule has 324 valence electrons. The van der Waals surface area contributed by atoms with Crippen molar-refractivity contribution in [2.75, 3.05) is 0 Å². The molecular weight excluding hydrogens is 861 g/mol. The Hall–Kier alpha value is -8.58. The zero-order valence-electron chi connectivity index (χ0n) is 37.5. The van der Waals surface area contributed by atoms with Gasteiger partial charge < -0.3 is 8.98 Å². The molecule has 6 heteroatoms. The van der Waals surface area contributed by atoms with Crippen molar-refractivity contribution < 1.29 is 4.42 Å². The molecule has 1 aliphatic rings. The smallest absolute Gasteiger partial charge is 0.235 e. The molecule has 15 rings (SSSR count). The Balaban J connectivity index is 1.03. The molecule has 5 nitrogen and oxygen atoms in total. The van der Waals surface area contributed by atoms with Gasteiger partial charge in [0.15, 0.2) is 0 Å². The van der Waals surface area contributed by atoms with E-state index in [0.29, 0.717) is 5.96 Å². The van der Waals surface area contributed by atoms with Crippen LogP contribution in [0.1, 0.15) is 24.5 Å². The molecule has 0 amide bonds. The second-order valence-corrected chi connectivity index (χ2v) is 19.6. The molecule has 0 bridgehead atoms. The van der Waals surface area contributed by atoms with Crippen LogP contribution in [-0.4, -0.2) is 20.8 Å². The van der Waals surface area contributed by atoms with Gasteiger partial charge in [-0.25, -0.2) is 9.98 Å². The van der Waals surface area contributed by atoms with Crippen molar-refractivity contribution >= 4 is 136 Å². The van der Waals surface area contributed by atoms with E-state index in [2.05, 4.69) is 222 Å². The molecule has 10 aromatic carbocycles. The van der Waals surface area contributed by atoms with Gasteiger partial charge in [-0.1, -0.05) is 146 Å². The molecule has 0 spiro atoms. The summed E-state index contributed by atoms with van der Waals surface area (Å²) < 4.78 is 14.2. The topological polar surface area (TPSA) is 47.7 Å². The van der Waals surface area contributed by atoms with Gasteiger partial charge in [0.2, 0.25) is 5.96 Å². The van der Waals surface area contributed by atoms with E-state index in [1.807, 2.05) is 11.3 Å². The summed E-state index contributed by atoms with van der Waals surface area (Å²) in [7, 11) is 0. The molecule has 0 saturated carbocycles. The fraction of sp³-hybridized carbons (Fsp3) is 0.0476. The first-order valence-corrected chi connectivity index (χ1v) is 24.5. The minimum absolute atomic E-state index is 0.00945. The number of allylic oxidation sites excluding steroid dienone is 1. The maximum absolute atomic E-state index is 6.91. The van der Waals surface area contributed by atoms with Crippen molar-refractivity contribution in [3.63, 3.8) is 0 Å². The highest BCUT2D eigenvalue weighted by Crippen LogP contribution is 2.42. The lowest BCUT2D eigenvalue weighted by atomic mass is 9.90. The normalized spacial score (nSPS) is 17.1. The molecule has 14 aromatic rings. The second-order valence-electron chi connectivity index (χ2n) is 18.5. The van der Waals surface area contributed by atoms with Gasteiger partial charge in [0.25, 0.3) is 0 Å². The first kappa shape index (κ1) is 38.5. The number of thiophene rings is 1. The molecule has 0 fully saturated rings. The first-order valence-electron chi connectivity index (χ1n) is 23.7. The number of benzene rings is 10. The molecule has 0 radical (unpaired) electrons. The summed E-state index contributed by atoms with van der Waals surface area (Å²) >= 11 is 1.84. The summed E-state index contributed by atoms with van der Waals surface area (Å²) in [6, 6.07) is 72.6. The number of furan rings is 1. The Bertz CT molecular complexity index is 4460. The standard InChI is InChI=1S/C63H40N4OS/c1-37-26-29-52(42-27-28-47-46-20-9-13-25-59(46)69-60(47)34-42)64-63(67-53-22-10-6-18-44(53)45-19-7-11-23-54(45)67)65-62(37)51-35-43(36-58-61(51)48-21-8-12-24-57(48)68-58)66-55-32-40-16-4-2-14-38(40)30-49(55)50-31-39-15-3-5-17-41(39)33-56(50)66/h2-25,27-37H,26H2,1H3/b52-29+,64-63+,65-62+. The van der Waals surface area contributed by atoms with Crippen LogP contribution in [0.5, 0.6) is 0 Å². The molecule has 69 heavy (non-hydrogen) atoms. The maximum Gasteiger partial charge on any atom is 0.235 e. The van der Waals surface area contributed by atoms with Crippen LogP contribution in [0.2, 0.25) is 0 Å². The summed E-state index contributed by atoms with van der Waals surface area (Å²) in [5.74, 6) is 0.614. The minimum atomic E-state index is -0.00945. The van der Waals surface area contributed by atoms with E-state index in [9.17, 15) is 0 Å². The molecule has 0 aliphatic carbocycles. The van der Waals surface area contributed by atoms with Gasteiger partial charge in [-0.3, -0.25) is 4.57 Å². The van der Waals surface area contributed by atoms with Gasteiger partial charge in [-0.15, -0.1) is 11.3 Å². The zero-order chi connectivity index (χ0) is 45.3. The van der Waals surface area contributed by atoms with E-state index in [-0.39, 0.29) is 5.92 Å². The van der Waals surface area contributed by atoms with E-state index >= 15 is 0 Å². The van der Waals surface area contributed by atoms with Crippen LogP contribution in [-0.2, 0) is 0 Å². The van der Waals surface area contributed by atoms with E-state index in [1.165, 1.54) is 52.5 Å². The van der Waals surface area contributed by atoms with Crippen LogP contribution in [0.15, 0.2) is 221 Å². The average Bonchev–Trinajstić information content (AvgIpc) is 4.13. The Kier molecular flexibility index (Phi) is 8.21. The highest BCUT2D eigenvalue weighted by molar-refractivity contribution is 7.25. The summed E-state index contributed by atoms with van der Waals surface area (Å²) in [5.41, 5.74) is 11.1. The lowest BCUT2D eigenvalue weighted by molar-refractivity contribution is 0.668. The Morgan fingerprint density at radius 2 is 1.04 bits per heavy atom. The Morgan fingerprint density at radius 1 is 0.464 bits per heavy atom. The third-order valence-corrected chi connectivity index (χ3v) is 15.7. The van der Waals surface area contributed by atoms with E-state index < -0.39 is 0 Å². The highest BCUT2D eigenvalue weighted by Gasteiger charge is 2.26. The summed E-state index contributed by atoms with van der Waals surface area (Å²) in [5, 5.41) is 14.3. The van der Waals surface area contributed by atoms with E-state index in [4.69, 9.17) is 14.4 Å². The van der Waals surface area contributed by atoms with Crippen LogP contribution in [0.4, 0.5) is 0 Å². The van der Waals surface area contributed by atoms with Crippen molar-refractivity contribution in [3.8, 4) is 5.69 Å². The quantitative estimate of drug-likeness (QED) is 0.174. The van der Waals surface area contributed by atoms with Crippen LogP contribution >= 0.6 is 11.3 Å². The largest absolute Gasteiger partial charge is 0.456 e. The van der Waals surface area contributed by atoms with Crippen LogP contribution in [0, 0.1) is 5.92 Å². The highest BCUT2D eigenvalue weighted by atomic mass is 32.1. The third-order valence-electron chi connectivity index (χ3n) is 14.5. The fourth-order valence-electron chi connectivity index (χ4n) is 11.3. The Labute approximate surface area is 399 Å². The lowest BCUT2D eigenvalue weighted by Gasteiger charge is -2.21. The molecule has 1 atom stereocenters. The summed E-state index contributed by atoms with van der Waals surface area (Å²) in [6.45, 7) is 2.32. The number of aromatic nitrogens is 2. The maximum atomic E-state index is 6.91.